The molecule has 0 bridgehead atoms. The maximum absolute atomic E-state index is 12.5. The summed E-state index contributed by atoms with van der Waals surface area (Å²) in [5, 5.41) is 5.11. The lowest BCUT2D eigenvalue weighted by molar-refractivity contribution is -0.134. The third-order valence-electron chi connectivity index (χ3n) is 4.93. The normalized spacial score (nSPS) is 21.5. The van der Waals surface area contributed by atoms with Crippen molar-refractivity contribution in [1.29, 1.82) is 0 Å². The first-order valence-corrected chi connectivity index (χ1v) is 10.3. The Hall–Kier alpha value is -0.670. The molecule has 1 unspecified atom stereocenters. The highest BCUT2D eigenvalue weighted by Gasteiger charge is 2.39. The summed E-state index contributed by atoms with van der Waals surface area (Å²) >= 11 is 1.15. The number of carbonyl (C=O) groups is 1. The van der Waals surface area contributed by atoms with Gasteiger partial charge in [-0.25, -0.2) is 8.42 Å². The van der Waals surface area contributed by atoms with Gasteiger partial charge in [0.25, 0.3) is 10.0 Å². The molecule has 0 aromatic carbocycles. The fraction of sp³-hybridized carbons (Fsp3) is 0.667. The van der Waals surface area contributed by atoms with Gasteiger partial charge in [-0.05, 0) is 49.6 Å². The molecular weight excluding hydrogens is 370 g/mol. The van der Waals surface area contributed by atoms with E-state index in [1.165, 1.54) is 6.42 Å². The van der Waals surface area contributed by atoms with Crippen LogP contribution in [-0.4, -0.2) is 51.4 Å². The molecule has 9 heteroatoms. The van der Waals surface area contributed by atoms with Crippen LogP contribution in [0.1, 0.15) is 26.2 Å². The second-order valence-corrected chi connectivity index (χ2v) is 9.42. The summed E-state index contributed by atoms with van der Waals surface area (Å²) in [4.78, 5) is 14.3. The van der Waals surface area contributed by atoms with Crippen LogP contribution >= 0.6 is 23.7 Å². The van der Waals surface area contributed by atoms with Crippen LogP contribution in [0.25, 0.3) is 0 Å². The highest BCUT2D eigenvalue weighted by atomic mass is 35.5. The predicted octanol–water partition coefficient (Wildman–Crippen LogP) is 1.44. The van der Waals surface area contributed by atoms with Crippen molar-refractivity contribution in [3.63, 3.8) is 0 Å². The molecule has 1 atom stereocenters. The Morgan fingerprint density at radius 3 is 2.62 bits per heavy atom. The van der Waals surface area contributed by atoms with Crippen molar-refractivity contribution in [3.8, 4) is 0 Å². The fourth-order valence-electron chi connectivity index (χ4n) is 3.46. The molecule has 2 aliphatic heterocycles. The van der Waals surface area contributed by atoms with Crippen LogP contribution in [0.4, 0.5) is 0 Å². The van der Waals surface area contributed by atoms with E-state index in [1.807, 2.05) is 0 Å². The lowest BCUT2D eigenvalue weighted by atomic mass is 9.78. The van der Waals surface area contributed by atoms with E-state index in [0.29, 0.717) is 18.5 Å². The zero-order valence-electron chi connectivity index (χ0n) is 13.7. The highest BCUT2D eigenvalue weighted by Crippen LogP contribution is 2.37. The third-order valence-corrected chi connectivity index (χ3v) is 7.87. The minimum atomic E-state index is -3.61. The SMILES string of the molecule is CC(NS(=O)(=O)c1cccs1)C(=O)N1CCC2(CCNC2)CC1.Cl. The van der Waals surface area contributed by atoms with Crippen LogP contribution < -0.4 is 10.0 Å². The van der Waals surface area contributed by atoms with Crippen LogP contribution in [0.2, 0.25) is 0 Å². The molecule has 0 radical (unpaired) electrons. The summed E-state index contributed by atoms with van der Waals surface area (Å²) in [6, 6.07) is 2.49. The smallest absolute Gasteiger partial charge is 0.250 e. The van der Waals surface area contributed by atoms with Crippen molar-refractivity contribution in [1.82, 2.24) is 14.9 Å². The number of carbonyl (C=O) groups excluding carboxylic acids is 1. The predicted molar refractivity (Wildman–Crippen MR) is 97.1 cm³/mol. The average molecular weight is 394 g/mol. The first-order valence-electron chi connectivity index (χ1n) is 7.97. The topological polar surface area (TPSA) is 78.5 Å². The van der Waals surface area contributed by atoms with E-state index in [-0.39, 0.29) is 22.5 Å². The molecule has 24 heavy (non-hydrogen) atoms. The van der Waals surface area contributed by atoms with Crippen molar-refractivity contribution in [3.05, 3.63) is 17.5 Å². The van der Waals surface area contributed by atoms with Gasteiger partial charge in [0.2, 0.25) is 5.91 Å². The largest absolute Gasteiger partial charge is 0.341 e. The molecule has 2 saturated heterocycles. The van der Waals surface area contributed by atoms with Crippen molar-refractivity contribution < 1.29 is 13.2 Å². The molecule has 3 rings (SSSR count). The molecule has 1 aromatic rings. The maximum atomic E-state index is 12.5. The van der Waals surface area contributed by atoms with Crippen LogP contribution in [0, 0.1) is 5.41 Å². The van der Waals surface area contributed by atoms with Gasteiger partial charge in [0.15, 0.2) is 0 Å². The zero-order valence-corrected chi connectivity index (χ0v) is 16.1. The van der Waals surface area contributed by atoms with Gasteiger partial charge in [0, 0.05) is 19.6 Å². The van der Waals surface area contributed by atoms with Crippen LogP contribution in [-0.2, 0) is 14.8 Å². The Balaban J connectivity index is 0.00000208. The minimum absolute atomic E-state index is 0. The highest BCUT2D eigenvalue weighted by molar-refractivity contribution is 7.91. The second-order valence-electron chi connectivity index (χ2n) is 6.53. The Labute approximate surface area is 153 Å². The number of sulfonamides is 1. The molecule has 1 aromatic heterocycles. The summed E-state index contributed by atoms with van der Waals surface area (Å²) < 4.78 is 27.2. The number of rotatable bonds is 4. The van der Waals surface area contributed by atoms with E-state index in [4.69, 9.17) is 0 Å². The van der Waals surface area contributed by atoms with Gasteiger partial charge in [-0.3, -0.25) is 4.79 Å². The van der Waals surface area contributed by atoms with E-state index in [9.17, 15) is 13.2 Å². The number of piperidine rings is 1. The number of hydrogen-bond donors (Lipinski definition) is 2. The van der Waals surface area contributed by atoms with Gasteiger partial charge < -0.3 is 10.2 Å². The molecule has 1 spiro atoms. The van der Waals surface area contributed by atoms with Gasteiger partial charge in [-0.15, -0.1) is 23.7 Å². The molecule has 6 nitrogen and oxygen atoms in total. The lowest BCUT2D eigenvalue weighted by Crippen LogP contribution is -2.51. The Morgan fingerprint density at radius 2 is 2.08 bits per heavy atom. The van der Waals surface area contributed by atoms with E-state index in [1.54, 1.807) is 29.3 Å². The fourth-order valence-corrected chi connectivity index (χ4v) is 5.66. The Morgan fingerprint density at radius 1 is 1.38 bits per heavy atom. The van der Waals surface area contributed by atoms with Crippen molar-refractivity contribution in [2.24, 2.45) is 5.41 Å². The number of hydrogen-bond acceptors (Lipinski definition) is 5. The standard InChI is InChI=1S/C15H23N3O3S2.ClH/c1-12(17-23(20,21)13-3-2-10-22-13)14(19)18-8-5-15(6-9-18)4-7-16-11-15;/h2-3,10,12,16-17H,4-9,11H2,1H3;1H. The maximum Gasteiger partial charge on any atom is 0.250 e. The molecule has 2 N–H and O–H groups in total. The molecule has 3 heterocycles. The molecule has 1 amide bonds. The van der Waals surface area contributed by atoms with E-state index >= 15 is 0 Å². The molecule has 0 saturated carbocycles. The molecule has 2 fully saturated rings. The molecule has 0 aliphatic carbocycles. The molecular formula is C15H24ClN3O3S2. The molecule has 136 valence electrons. The summed E-state index contributed by atoms with van der Waals surface area (Å²) in [7, 11) is -3.61. The van der Waals surface area contributed by atoms with E-state index in [0.717, 1.165) is 37.3 Å². The Kier molecular flexibility index (Phi) is 6.30. The van der Waals surface area contributed by atoms with Crippen LogP contribution in [0.5, 0.6) is 0 Å². The Bertz CT molecular complexity index is 648. The number of nitrogens with zero attached hydrogens (tertiary/aromatic N) is 1. The molecule has 2 aliphatic rings. The number of thiophene rings is 1. The summed E-state index contributed by atoms with van der Waals surface area (Å²) in [5.74, 6) is -0.133. The van der Waals surface area contributed by atoms with E-state index in [2.05, 4.69) is 10.0 Å². The number of halogens is 1. The van der Waals surface area contributed by atoms with Crippen molar-refractivity contribution >= 4 is 39.7 Å². The van der Waals surface area contributed by atoms with E-state index < -0.39 is 16.1 Å². The van der Waals surface area contributed by atoms with Crippen LogP contribution in [0.3, 0.4) is 0 Å². The van der Waals surface area contributed by atoms with Gasteiger partial charge in [0.1, 0.15) is 4.21 Å². The van der Waals surface area contributed by atoms with Crippen molar-refractivity contribution in [2.75, 3.05) is 26.2 Å². The van der Waals surface area contributed by atoms with Crippen molar-refractivity contribution in [2.45, 2.75) is 36.4 Å². The summed E-state index contributed by atoms with van der Waals surface area (Å²) in [5.41, 5.74) is 0.344. The third kappa shape index (κ3) is 4.11. The van der Waals surface area contributed by atoms with Gasteiger partial charge in [0.05, 0.1) is 6.04 Å². The van der Waals surface area contributed by atoms with Gasteiger partial charge >= 0.3 is 0 Å². The quantitative estimate of drug-likeness (QED) is 0.811. The van der Waals surface area contributed by atoms with Crippen LogP contribution in [0.15, 0.2) is 21.7 Å². The lowest BCUT2D eigenvalue weighted by Gasteiger charge is -2.39. The number of likely N-dealkylation sites (tertiary alicyclic amines) is 1. The monoisotopic (exact) mass is 393 g/mol. The summed E-state index contributed by atoms with van der Waals surface area (Å²) in [6.45, 7) is 5.15. The first kappa shape index (κ1) is 19.7. The zero-order chi connectivity index (χ0) is 16.5. The average Bonchev–Trinajstić information content (AvgIpc) is 3.19. The second kappa shape index (κ2) is 7.70. The number of amides is 1. The first-order chi connectivity index (χ1) is 10.9. The summed E-state index contributed by atoms with van der Waals surface area (Å²) in [6.07, 6.45) is 3.17. The van der Waals surface area contributed by atoms with Gasteiger partial charge in [-0.2, -0.15) is 4.72 Å². The minimum Gasteiger partial charge on any atom is -0.341 e. The number of nitrogens with one attached hydrogen (secondary N) is 2. The van der Waals surface area contributed by atoms with Gasteiger partial charge in [-0.1, -0.05) is 6.07 Å².